The lowest BCUT2D eigenvalue weighted by Gasteiger charge is -2.17. The monoisotopic (exact) mass is 241 g/mol. The van der Waals surface area contributed by atoms with E-state index in [1.165, 1.54) is 0 Å². The summed E-state index contributed by atoms with van der Waals surface area (Å²) >= 11 is 1.56. The highest BCUT2D eigenvalue weighted by atomic mass is 32.2. The van der Waals surface area contributed by atoms with Crippen LogP contribution in [0.4, 0.5) is 0 Å². The van der Waals surface area contributed by atoms with Gasteiger partial charge < -0.3 is 10.4 Å². The molecule has 0 aliphatic heterocycles. The Hall–Kier alpha value is -0.650. The van der Waals surface area contributed by atoms with Crippen LogP contribution in [-0.4, -0.2) is 39.5 Å². The first-order valence-corrected chi connectivity index (χ1v) is 6.38. The van der Waals surface area contributed by atoms with Crippen LogP contribution in [0.2, 0.25) is 0 Å². The lowest BCUT2D eigenvalue weighted by atomic mass is 10.3. The number of nitrogens with zero attached hydrogens (tertiary/aromatic N) is 2. The van der Waals surface area contributed by atoms with E-state index in [1.54, 1.807) is 24.2 Å². The number of nitrogens with one attached hydrogen (secondary N) is 1. The van der Waals surface area contributed by atoms with Crippen LogP contribution in [0.25, 0.3) is 0 Å². The Kier molecular flexibility index (Phi) is 5.73. The van der Waals surface area contributed by atoms with E-state index < -0.39 is 0 Å². The van der Waals surface area contributed by atoms with Crippen molar-refractivity contribution in [3.05, 3.63) is 18.0 Å². The molecule has 1 aromatic heterocycles. The third-order valence-electron chi connectivity index (χ3n) is 1.96. The van der Waals surface area contributed by atoms with E-state index in [4.69, 9.17) is 0 Å². The maximum absolute atomic E-state index is 9.18. The highest BCUT2D eigenvalue weighted by Crippen LogP contribution is 2.13. The number of aromatic nitrogens is 2. The van der Waals surface area contributed by atoms with Crippen molar-refractivity contribution in [3.63, 3.8) is 0 Å². The SMILES string of the molecule is Cc1cnc(SCC(CO)NC(C)C)nc1. The number of hydrogen-bond acceptors (Lipinski definition) is 5. The minimum absolute atomic E-state index is 0.0925. The van der Waals surface area contributed by atoms with Gasteiger partial charge in [-0.1, -0.05) is 25.6 Å². The Labute approximate surface area is 101 Å². The van der Waals surface area contributed by atoms with Crippen molar-refractivity contribution in [2.75, 3.05) is 12.4 Å². The smallest absolute Gasteiger partial charge is 0.187 e. The Bertz CT molecular complexity index is 303. The number of aryl methyl sites for hydroxylation is 1. The summed E-state index contributed by atoms with van der Waals surface area (Å²) in [4.78, 5) is 8.41. The molecule has 0 saturated heterocycles. The normalized spacial score (nSPS) is 13.1. The summed E-state index contributed by atoms with van der Waals surface area (Å²) in [5, 5.41) is 13.2. The highest BCUT2D eigenvalue weighted by Gasteiger charge is 2.09. The van der Waals surface area contributed by atoms with Crippen molar-refractivity contribution < 1.29 is 5.11 Å². The predicted molar refractivity (Wildman–Crippen MR) is 66.6 cm³/mol. The third-order valence-corrected chi connectivity index (χ3v) is 3.00. The summed E-state index contributed by atoms with van der Waals surface area (Å²) in [5.41, 5.74) is 1.06. The second kappa shape index (κ2) is 6.83. The summed E-state index contributed by atoms with van der Waals surface area (Å²) in [6.45, 7) is 6.23. The van der Waals surface area contributed by atoms with Gasteiger partial charge in [0.1, 0.15) is 0 Å². The molecule has 90 valence electrons. The van der Waals surface area contributed by atoms with Crippen molar-refractivity contribution >= 4 is 11.8 Å². The Balaban J connectivity index is 2.40. The van der Waals surface area contributed by atoms with E-state index in [1.807, 2.05) is 6.92 Å². The molecule has 1 rings (SSSR count). The lowest BCUT2D eigenvalue weighted by molar-refractivity contribution is 0.247. The molecule has 2 N–H and O–H groups in total. The maximum atomic E-state index is 9.18. The molecule has 0 bridgehead atoms. The van der Waals surface area contributed by atoms with E-state index in [2.05, 4.69) is 29.1 Å². The summed E-state index contributed by atoms with van der Waals surface area (Å²) in [5.74, 6) is 0.776. The molecule has 1 heterocycles. The third kappa shape index (κ3) is 4.92. The Morgan fingerprint density at radius 1 is 1.38 bits per heavy atom. The molecule has 0 fully saturated rings. The molecule has 16 heavy (non-hydrogen) atoms. The molecule has 0 aliphatic rings. The van der Waals surface area contributed by atoms with E-state index in [9.17, 15) is 5.11 Å². The first-order chi connectivity index (χ1) is 7.61. The fourth-order valence-corrected chi connectivity index (χ4v) is 2.06. The topological polar surface area (TPSA) is 58.0 Å². The molecule has 1 unspecified atom stereocenters. The number of rotatable bonds is 6. The van der Waals surface area contributed by atoms with Gasteiger partial charge in [-0.15, -0.1) is 0 Å². The van der Waals surface area contributed by atoms with Gasteiger partial charge in [0.2, 0.25) is 0 Å². The van der Waals surface area contributed by atoms with Crippen LogP contribution in [0.1, 0.15) is 19.4 Å². The fourth-order valence-electron chi connectivity index (χ4n) is 1.26. The van der Waals surface area contributed by atoms with Gasteiger partial charge in [0, 0.05) is 30.2 Å². The van der Waals surface area contributed by atoms with Gasteiger partial charge in [0.25, 0.3) is 0 Å². The first-order valence-electron chi connectivity index (χ1n) is 5.40. The molecule has 5 heteroatoms. The van der Waals surface area contributed by atoms with Gasteiger partial charge in [0.05, 0.1) is 6.61 Å². The van der Waals surface area contributed by atoms with Crippen molar-refractivity contribution in [2.45, 2.75) is 38.0 Å². The number of thioether (sulfide) groups is 1. The largest absolute Gasteiger partial charge is 0.395 e. The molecule has 0 aromatic carbocycles. The average molecular weight is 241 g/mol. The minimum atomic E-state index is 0.0925. The zero-order valence-corrected chi connectivity index (χ0v) is 10.8. The van der Waals surface area contributed by atoms with Gasteiger partial charge in [-0.05, 0) is 12.5 Å². The predicted octanol–water partition coefficient (Wildman–Crippen LogP) is 1.24. The Morgan fingerprint density at radius 2 is 2.00 bits per heavy atom. The second-order valence-electron chi connectivity index (χ2n) is 4.05. The van der Waals surface area contributed by atoms with E-state index in [0.29, 0.717) is 6.04 Å². The zero-order valence-electron chi connectivity index (χ0n) is 9.97. The first kappa shape index (κ1) is 13.4. The molecule has 0 amide bonds. The summed E-state index contributed by atoms with van der Waals surface area (Å²) in [6.07, 6.45) is 3.61. The van der Waals surface area contributed by atoms with Crippen molar-refractivity contribution in [1.82, 2.24) is 15.3 Å². The highest BCUT2D eigenvalue weighted by molar-refractivity contribution is 7.99. The zero-order chi connectivity index (χ0) is 12.0. The molecular formula is C11H19N3OS. The quantitative estimate of drug-likeness (QED) is 0.579. The molecule has 1 atom stereocenters. The van der Waals surface area contributed by atoms with Crippen molar-refractivity contribution in [1.29, 1.82) is 0 Å². The van der Waals surface area contributed by atoms with Gasteiger partial charge in [0.15, 0.2) is 5.16 Å². The van der Waals surface area contributed by atoms with Gasteiger partial charge in [-0.3, -0.25) is 0 Å². The summed E-state index contributed by atoms with van der Waals surface area (Å²) < 4.78 is 0. The van der Waals surface area contributed by atoms with Crippen molar-refractivity contribution in [3.8, 4) is 0 Å². The minimum Gasteiger partial charge on any atom is -0.395 e. The van der Waals surface area contributed by atoms with Gasteiger partial charge in [-0.2, -0.15) is 0 Å². The molecule has 1 aromatic rings. The van der Waals surface area contributed by atoms with Crippen LogP contribution in [0, 0.1) is 6.92 Å². The van der Waals surface area contributed by atoms with Crippen molar-refractivity contribution in [2.24, 2.45) is 0 Å². The molecule has 0 aliphatic carbocycles. The Morgan fingerprint density at radius 3 is 2.50 bits per heavy atom. The van der Waals surface area contributed by atoms with E-state index >= 15 is 0 Å². The van der Waals surface area contributed by atoms with Crippen LogP contribution in [0.15, 0.2) is 17.6 Å². The van der Waals surface area contributed by atoms with E-state index in [0.717, 1.165) is 16.5 Å². The summed E-state index contributed by atoms with van der Waals surface area (Å²) in [7, 11) is 0. The molecule has 0 radical (unpaired) electrons. The van der Waals surface area contributed by atoms with Gasteiger partial charge in [-0.25, -0.2) is 9.97 Å². The number of aliphatic hydroxyl groups excluding tert-OH is 1. The molecule has 0 spiro atoms. The van der Waals surface area contributed by atoms with Gasteiger partial charge >= 0.3 is 0 Å². The van der Waals surface area contributed by atoms with Crippen LogP contribution >= 0.6 is 11.8 Å². The van der Waals surface area contributed by atoms with Crippen LogP contribution in [0.3, 0.4) is 0 Å². The second-order valence-corrected chi connectivity index (χ2v) is 5.04. The van der Waals surface area contributed by atoms with Crippen LogP contribution in [-0.2, 0) is 0 Å². The molecule has 0 saturated carbocycles. The van der Waals surface area contributed by atoms with E-state index in [-0.39, 0.29) is 12.6 Å². The molecule has 4 nitrogen and oxygen atoms in total. The fraction of sp³-hybridized carbons (Fsp3) is 0.636. The van der Waals surface area contributed by atoms with Crippen LogP contribution < -0.4 is 5.32 Å². The summed E-state index contributed by atoms with van der Waals surface area (Å²) in [6, 6.07) is 0.464. The number of hydrogen-bond donors (Lipinski definition) is 2. The number of aliphatic hydroxyl groups is 1. The van der Waals surface area contributed by atoms with Crippen LogP contribution in [0.5, 0.6) is 0 Å². The lowest BCUT2D eigenvalue weighted by Crippen LogP contribution is -2.39. The standard InChI is InChI=1S/C11H19N3OS/c1-8(2)14-10(6-15)7-16-11-12-4-9(3)5-13-11/h4-5,8,10,14-15H,6-7H2,1-3H3. The maximum Gasteiger partial charge on any atom is 0.187 e. The molecular weight excluding hydrogens is 222 g/mol. The average Bonchev–Trinajstić information content (AvgIpc) is 2.26.